The minimum Gasteiger partial charge on any atom is -0.481 e. The predicted molar refractivity (Wildman–Crippen MR) is 85.9 cm³/mol. The van der Waals surface area contributed by atoms with Crippen molar-refractivity contribution in [2.24, 2.45) is 11.3 Å². The molecule has 1 atom stereocenters. The van der Waals surface area contributed by atoms with Crippen LogP contribution in [0.3, 0.4) is 0 Å². The number of ether oxygens (including phenoxy) is 1. The number of hydrogen-bond donors (Lipinski definition) is 2. The minimum absolute atomic E-state index is 0.0598. The fourth-order valence-electron chi connectivity index (χ4n) is 2.26. The highest BCUT2D eigenvalue weighted by atomic mass is 16.5. The summed E-state index contributed by atoms with van der Waals surface area (Å²) in [5, 5.41) is 11.8. The first-order valence-corrected chi connectivity index (χ1v) is 7.82. The van der Waals surface area contributed by atoms with Crippen molar-refractivity contribution in [2.75, 3.05) is 13.2 Å². The topological polar surface area (TPSA) is 88.8 Å². The molecule has 2 N–H and O–H groups in total. The lowest BCUT2D eigenvalue weighted by atomic mass is 9.85. The van der Waals surface area contributed by atoms with Crippen LogP contribution in [-0.2, 0) is 14.3 Å². The molecule has 0 radical (unpaired) electrons. The molecule has 6 nitrogen and oxygen atoms in total. The molecule has 1 rings (SSSR count). The van der Waals surface area contributed by atoms with Crippen LogP contribution in [0.1, 0.15) is 52.3 Å². The zero-order valence-electron chi connectivity index (χ0n) is 14.3. The molecule has 1 aromatic heterocycles. The average Bonchev–Trinajstić information content (AvgIpc) is 2.88. The lowest BCUT2D eigenvalue weighted by molar-refractivity contribution is -0.139. The first-order valence-electron chi connectivity index (χ1n) is 7.82. The number of rotatable bonds is 10. The summed E-state index contributed by atoms with van der Waals surface area (Å²) in [7, 11) is 0. The zero-order valence-corrected chi connectivity index (χ0v) is 14.3. The van der Waals surface area contributed by atoms with Crippen LogP contribution in [0.15, 0.2) is 22.8 Å². The Hall–Kier alpha value is -1.82. The number of hydrogen-bond acceptors (Lipinski definition) is 4. The Bertz CT molecular complexity index is 493. The molecule has 0 aliphatic heterocycles. The first kappa shape index (κ1) is 19.2. The van der Waals surface area contributed by atoms with Gasteiger partial charge in [-0.1, -0.05) is 27.7 Å². The zero-order chi connectivity index (χ0) is 17.5. The summed E-state index contributed by atoms with van der Waals surface area (Å²) in [6.45, 7) is 8.54. The highest BCUT2D eigenvalue weighted by molar-refractivity contribution is 5.78. The van der Waals surface area contributed by atoms with Crippen molar-refractivity contribution in [2.45, 2.75) is 46.6 Å². The molecule has 0 saturated carbocycles. The molecule has 0 saturated heterocycles. The van der Waals surface area contributed by atoms with Gasteiger partial charge in [-0.2, -0.15) is 0 Å². The van der Waals surface area contributed by atoms with Crippen LogP contribution >= 0.6 is 0 Å². The summed E-state index contributed by atoms with van der Waals surface area (Å²) in [5.41, 5.74) is -0.609. The van der Waals surface area contributed by atoms with Gasteiger partial charge in [0.05, 0.1) is 19.3 Å². The third-order valence-electron chi connectivity index (χ3n) is 3.23. The second-order valence-corrected chi connectivity index (χ2v) is 6.98. The molecule has 0 fully saturated rings. The molecule has 0 bridgehead atoms. The Kier molecular flexibility index (Phi) is 7.29. The van der Waals surface area contributed by atoms with Crippen molar-refractivity contribution in [3.8, 4) is 0 Å². The molecule has 0 aromatic carbocycles. The maximum atomic E-state index is 12.2. The molecular formula is C17H27NO5. The van der Waals surface area contributed by atoms with Gasteiger partial charge in [-0.25, -0.2) is 0 Å². The molecule has 0 spiro atoms. The highest BCUT2D eigenvalue weighted by Gasteiger charge is 2.27. The van der Waals surface area contributed by atoms with E-state index in [1.165, 1.54) is 0 Å². The molecule has 23 heavy (non-hydrogen) atoms. The van der Waals surface area contributed by atoms with Gasteiger partial charge in [-0.15, -0.1) is 0 Å². The monoisotopic (exact) mass is 325 g/mol. The van der Waals surface area contributed by atoms with Gasteiger partial charge in [0, 0.05) is 13.0 Å². The fourth-order valence-corrected chi connectivity index (χ4v) is 2.26. The van der Waals surface area contributed by atoms with Gasteiger partial charge in [0.25, 0.3) is 0 Å². The molecule has 1 unspecified atom stereocenters. The third-order valence-corrected chi connectivity index (χ3v) is 3.23. The predicted octanol–water partition coefficient (Wildman–Crippen LogP) is 3.00. The molecule has 1 aromatic rings. The van der Waals surface area contributed by atoms with Gasteiger partial charge in [-0.3, -0.25) is 9.59 Å². The van der Waals surface area contributed by atoms with Crippen LogP contribution in [0, 0.1) is 11.3 Å². The van der Waals surface area contributed by atoms with Gasteiger partial charge in [-0.05, 0) is 23.5 Å². The van der Waals surface area contributed by atoms with E-state index in [4.69, 9.17) is 14.3 Å². The average molecular weight is 325 g/mol. The van der Waals surface area contributed by atoms with E-state index in [0.29, 0.717) is 24.9 Å². The number of carbonyl (C=O) groups excluding carboxylic acids is 1. The van der Waals surface area contributed by atoms with Crippen LogP contribution in [0.2, 0.25) is 0 Å². The molecule has 1 heterocycles. The molecule has 0 aliphatic carbocycles. The summed E-state index contributed by atoms with van der Waals surface area (Å²) < 4.78 is 11.0. The Morgan fingerprint density at radius 2 is 2.00 bits per heavy atom. The Labute approximate surface area is 137 Å². The van der Waals surface area contributed by atoms with Gasteiger partial charge < -0.3 is 19.6 Å². The van der Waals surface area contributed by atoms with Crippen molar-refractivity contribution < 1.29 is 23.8 Å². The molecular weight excluding hydrogens is 298 g/mol. The number of aliphatic carboxylic acids is 1. The number of nitrogens with one attached hydrogen (secondary N) is 1. The van der Waals surface area contributed by atoms with Crippen molar-refractivity contribution in [3.63, 3.8) is 0 Å². The molecule has 0 aliphatic rings. The maximum absolute atomic E-state index is 12.2. The maximum Gasteiger partial charge on any atom is 0.303 e. The van der Waals surface area contributed by atoms with Gasteiger partial charge in [0.15, 0.2) is 0 Å². The molecule has 6 heteroatoms. The first-order chi connectivity index (χ1) is 10.7. The number of carboxylic acid groups (broad SMARTS) is 1. The Morgan fingerprint density at radius 1 is 1.30 bits per heavy atom. The number of carbonyl (C=O) groups is 2. The molecule has 1 amide bonds. The lowest BCUT2D eigenvalue weighted by Crippen LogP contribution is -2.35. The van der Waals surface area contributed by atoms with E-state index in [2.05, 4.69) is 19.2 Å². The third kappa shape index (κ3) is 7.83. The summed E-state index contributed by atoms with van der Waals surface area (Å²) in [4.78, 5) is 23.1. The van der Waals surface area contributed by atoms with Crippen LogP contribution in [0.4, 0.5) is 0 Å². The van der Waals surface area contributed by atoms with E-state index in [-0.39, 0.29) is 24.8 Å². The largest absolute Gasteiger partial charge is 0.481 e. The number of furan rings is 1. The standard InChI is InChI=1S/C17H27NO5/c1-12(2)10-22-11-13(14-6-5-7-23-14)18-15(19)8-17(3,4)9-16(20)21/h5-7,12-13H,8-11H2,1-4H3,(H,18,19)(H,20,21). The van der Waals surface area contributed by atoms with Gasteiger partial charge >= 0.3 is 5.97 Å². The second kappa shape index (κ2) is 8.72. The highest BCUT2D eigenvalue weighted by Crippen LogP contribution is 2.25. The van der Waals surface area contributed by atoms with Gasteiger partial charge in [0.2, 0.25) is 5.91 Å². The van der Waals surface area contributed by atoms with Crippen molar-refractivity contribution in [1.29, 1.82) is 0 Å². The van der Waals surface area contributed by atoms with E-state index in [0.717, 1.165) is 0 Å². The fraction of sp³-hybridized carbons (Fsp3) is 0.647. The SMILES string of the molecule is CC(C)COCC(NC(=O)CC(C)(C)CC(=O)O)c1ccco1. The van der Waals surface area contributed by atoms with Gasteiger partial charge in [0.1, 0.15) is 11.8 Å². The Morgan fingerprint density at radius 3 is 2.52 bits per heavy atom. The van der Waals surface area contributed by atoms with E-state index in [1.54, 1.807) is 32.2 Å². The van der Waals surface area contributed by atoms with E-state index in [9.17, 15) is 9.59 Å². The molecule has 130 valence electrons. The smallest absolute Gasteiger partial charge is 0.303 e. The van der Waals surface area contributed by atoms with Crippen LogP contribution in [0.25, 0.3) is 0 Å². The Balaban J connectivity index is 2.62. The summed E-state index contributed by atoms with van der Waals surface area (Å²) in [6.07, 6.45) is 1.61. The van der Waals surface area contributed by atoms with Crippen LogP contribution < -0.4 is 5.32 Å². The summed E-state index contributed by atoms with van der Waals surface area (Å²) in [5.74, 6) is -0.105. The minimum atomic E-state index is -0.911. The van der Waals surface area contributed by atoms with Crippen LogP contribution in [-0.4, -0.2) is 30.2 Å². The van der Waals surface area contributed by atoms with Crippen molar-refractivity contribution in [1.82, 2.24) is 5.32 Å². The second-order valence-electron chi connectivity index (χ2n) is 6.98. The van der Waals surface area contributed by atoms with Crippen LogP contribution in [0.5, 0.6) is 0 Å². The van der Waals surface area contributed by atoms with E-state index in [1.807, 2.05) is 0 Å². The van der Waals surface area contributed by atoms with E-state index >= 15 is 0 Å². The lowest BCUT2D eigenvalue weighted by Gasteiger charge is -2.24. The summed E-state index contributed by atoms with van der Waals surface area (Å²) >= 11 is 0. The quantitative estimate of drug-likeness (QED) is 0.690. The number of amides is 1. The number of carboxylic acids is 1. The normalized spacial score (nSPS) is 13.1. The summed E-state index contributed by atoms with van der Waals surface area (Å²) in [6, 6.07) is 3.16. The van der Waals surface area contributed by atoms with Crippen molar-refractivity contribution in [3.05, 3.63) is 24.2 Å². The van der Waals surface area contributed by atoms with Crippen molar-refractivity contribution >= 4 is 11.9 Å². The van der Waals surface area contributed by atoms with E-state index < -0.39 is 11.4 Å².